The topological polar surface area (TPSA) is 78.4 Å². The lowest BCUT2D eigenvalue weighted by Crippen LogP contribution is -2.41. The van der Waals surface area contributed by atoms with Gasteiger partial charge in [-0.15, -0.1) is 0 Å². The van der Waals surface area contributed by atoms with E-state index >= 15 is 0 Å². The molecule has 1 aromatic rings. The number of aromatic carboxylic acids is 1. The summed E-state index contributed by atoms with van der Waals surface area (Å²) in [4.78, 5) is 22.3. The Bertz CT molecular complexity index is 477. The van der Waals surface area contributed by atoms with Gasteiger partial charge in [0, 0.05) is 17.6 Å². The number of rotatable bonds is 6. The number of carbonyl (C=O) groups excluding carboxylic acids is 1. The Morgan fingerprint density at radius 2 is 2.11 bits per heavy atom. The third-order valence-electron chi connectivity index (χ3n) is 2.64. The molecule has 3 N–H and O–H groups in total. The highest BCUT2D eigenvalue weighted by molar-refractivity contribution is 9.10. The largest absolute Gasteiger partial charge is 0.478 e. The lowest BCUT2D eigenvalue weighted by Gasteiger charge is -2.14. The summed E-state index contributed by atoms with van der Waals surface area (Å²) in [6.45, 7) is 4.73. The van der Waals surface area contributed by atoms with E-state index in [9.17, 15) is 9.59 Å². The van der Waals surface area contributed by atoms with Crippen LogP contribution in [0.2, 0.25) is 0 Å². The van der Waals surface area contributed by atoms with E-state index in [1.165, 1.54) is 0 Å². The molecule has 0 aromatic heterocycles. The van der Waals surface area contributed by atoms with Crippen LogP contribution in [0.4, 0.5) is 0 Å². The van der Waals surface area contributed by atoms with Crippen molar-refractivity contribution >= 4 is 27.8 Å². The molecule has 0 aliphatic carbocycles. The number of carboxylic acid groups (broad SMARTS) is 1. The molecule has 0 aliphatic heterocycles. The van der Waals surface area contributed by atoms with Crippen molar-refractivity contribution in [3.8, 4) is 0 Å². The fourth-order valence-electron chi connectivity index (χ4n) is 1.51. The molecule has 6 heteroatoms. The van der Waals surface area contributed by atoms with E-state index in [2.05, 4.69) is 26.6 Å². The van der Waals surface area contributed by atoms with Crippen LogP contribution in [0.1, 0.15) is 29.8 Å². The van der Waals surface area contributed by atoms with Crippen LogP contribution >= 0.6 is 15.9 Å². The maximum absolute atomic E-state index is 11.5. The molecule has 0 saturated heterocycles. The van der Waals surface area contributed by atoms with Gasteiger partial charge in [0.05, 0.1) is 11.6 Å². The third-order valence-corrected chi connectivity index (χ3v) is 3.38. The first kappa shape index (κ1) is 15.7. The van der Waals surface area contributed by atoms with Crippen molar-refractivity contribution in [3.63, 3.8) is 0 Å². The SMILES string of the molecule is CCNC(=O)C(C)NCc1ccc(C(=O)O)cc1Br. The number of nitrogens with one attached hydrogen (secondary N) is 2. The van der Waals surface area contributed by atoms with Crippen LogP contribution < -0.4 is 10.6 Å². The molecule has 1 amide bonds. The number of amides is 1. The van der Waals surface area contributed by atoms with Crippen molar-refractivity contribution in [2.75, 3.05) is 6.54 Å². The number of likely N-dealkylation sites (N-methyl/N-ethyl adjacent to an activating group) is 1. The third kappa shape index (κ3) is 4.65. The molecule has 1 aromatic carbocycles. The Hall–Kier alpha value is -1.40. The van der Waals surface area contributed by atoms with Crippen LogP contribution in [-0.4, -0.2) is 29.6 Å². The van der Waals surface area contributed by atoms with Gasteiger partial charge >= 0.3 is 5.97 Å². The second kappa shape index (κ2) is 7.25. The van der Waals surface area contributed by atoms with Crippen molar-refractivity contribution in [2.24, 2.45) is 0 Å². The molecule has 0 spiro atoms. The molecule has 5 nitrogen and oxygen atoms in total. The predicted octanol–water partition coefficient (Wildman–Crippen LogP) is 1.76. The molecule has 0 radical (unpaired) electrons. The second-order valence-corrected chi connectivity index (χ2v) is 4.96. The van der Waals surface area contributed by atoms with Crippen LogP contribution in [0.3, 0.4) is 0 Å². The number of carbonyl (C=O) groups is 2. The van der Waals surface area contributed by atoms with Crippen molar-refractivity contribution in [2.45, 2.75) is 26.4 Å². The zero-order valence-corrected chi connectivity index (χ0v) is 12.5. The van der Waals surface area contributed by atoms with Crippen LogP contribution in [0.15, 0.2) is 22.7 Å². The van der Waals surface area contributed by atoms with Gasteiger partial charge in [-0.05, 0) is 31.5 Å². The van der Waals surface area contributed by atoms with Crippen molar-refractivity contribution in [1.29, 1.82) is 0 Å². The maximum Gasteiger partial charge on any atom is 0.335 e. The standard InChI is InChI=1S/C13H17BrN2O3/c1-3-15-12(17)8(2)16-7-10-5-4-9(13(18)19)6-11(10)14/h4-6,8,16H,3,7H2,1-2H3,(H,15,17)(H,18,19). The summed E-state index contributed by atoms with van der Waals surface area (Å²) < 4.78 is 0.711. The first-order valence-corrected chi connectivity index (χ1v) is 6.77. The molecular weight excluding hydrogens is 312 g/mol. The van der Waals surface area contributed by atoms with Gasteiger partial charge in [0.1, 0.15) is 0 Å². The van der Waals surface area contributed by atoms with Gasteiger partial charge in [-0.25, -0.2) is 4.79 Å². The van der Waals surface area contributed by atoms with Gasteiger partial charge in [0.25, 0.3) is 0 Å². The monoisotopic (exact) mass is 328 g/mol. The molecule has 1 atom stereocenters. The predicted molar refractivity (Wildman–Crippen MR) is 76.1 cm³/mol. The normalized spacial score (nSPS) is 11.9. The Balaban J connectivity index is 2.63. The number of hydrogen-bond acceptors (Lipinski definition) is 3. The summed E-state index contributed by atoms with van der Waals surface area (Å²) in [6.07, 6.45) is 0. The fraction of sp³-hybridized carbons (Fsp3) is 0.385. The quantitative estimate of drug-likeness (QED) is 0.743. The van der Waals surface area contributed by atoms with Crippen LogP contribution in [0, 0.1) is 0 Å². The number of halogens is 1. The van der Waals surface area contributed by atoms with Gasteiger partial charge in [-0.3, -0.25) is 4.79 Å². The van der Waals surface area contributed by atoms with E-state index in [1.54, 1.807) is 25.1 Å². The highest BCUT2D eigenvalue weighted by atomic mass is 79.9. The molecule has 0 bridgehead atoms. The highest BCUT2D eigenvalue weighted by Gasteiger charge is 2.12. The summed E-state index contributed by atoms with van der Waals surface area (Å²) in [7, 11) is 0. The highest BCUT2D eigenvalue weighted by Crippen LogP contribution is 2.18. The van der Waals surface area contributed by atoms with Gasteiger partial charge in [0.15, 0.2) is 0 Å². The minimum absolute atomic E-state index is 0.0548. The molecule has 0 heterocycles. The molecule has 0 aliphatic rings. The lowest BCUT2D eigenvalue weighted by atomic mass is 10.1. The van der Waals surface area contributed by atoms with E-state index in [4.69, 9.17) is 5.11 Å². The van der Waals surface area contributed by atoms with Crippen molar-refractivity contribution < 1.29 is 14.7 Å². The zero-order chi connectivity index (χ0) is 14.4. The summed E-state index contributed by atoms with van der Waals surface area (Å²) in [6, 6.07) is 4.52. The Kier molecular flexibility index (Phi) is 5.98. The molecule has 19 heavy (non-hydrogen) atoms. The fourth-order valence-corrected chi connectivity index (χ4v) is 2.03. The molecular formula is C13H17BrN2O3. The van der Waals surface area contributed by atoms with E-state index in [-0.39, 0.29) is 17.5 Å². The summed E-state index contributed by atoms with van der Waals surface area (Å²) in [5, 5.41) is 14.7. The Morgan fingerprint density at radius 3 is 2.63 bits per heavy atom. The average molecular weight is 329 g/mol. The van der Waals surface area contributed by atoms with Crippen LogP contribution in [-0.2, 0) is 11.3 Å². The summed E-state index contributed by atoms with van der Waals surface area (Å²) in [5.41, 5.74) is 1.13. The molecule has 1 rings (SSSR count). The maximum atomic E-state index is 11.5. The smallest absolute Gasteiger partial charge is 0.335 e. The summed E-state index contributed by atoms with van der Waals surface area (Å²) in [5.74, 6) is -1.02. The number of carboxylic acids is 1. The molecule has 104 valence electrons. The van der Waals surface area contributed by atoms with E-state index < -0.39 is 5.97 Å². The lowest BCUT2D eigenvalue weighted by molar-refractivity contribution is -0.122. The number of benzene rings is 1. The Morgan fingerprint density at radius 1 is 1.42 bits per heavy atom. The average Bonchev–Trinajstić information content (AvgIpc) is 2.36. The van der Waals surface area contributed by atoms with Crippen molar-refractivity contribution in [1.82, 2.24) is 10.6 Å². The minimum Gasteiger partial charge on any atom is -0.478 e. The second-order valence-electron chi connectivity index (χ2n) is 4.11. The van der Waals surface area contributed by atoms with Gasteiger partial charge in [-0.1, -0.05) is 22.0 Å². The first-order chi connectivity index (χ1) is 8.95. The van der Waals surface area contributed by atoms with Crippen LogP contribution in [0.25, 0.3) is 0 Å². The minimum atomic E-state index is -0.962. The molecule has 0 fully saturated rings. The number of hydrogen-bond donors (Lipinski definition) is 3. The van der Waals surface area contributed by atoms with Crippen molar-refractivity contribution in [3.05, 3.63) is 33.8 Å². The van der Waals surface area contributed by atoms with Gasteiger partial charge < -0.3 is 15.7 Å². The van der Waals surface area contributed by atoms with Crippen LogP contribution in [0.5, 0.6) is 0 Å². The molecule has 0 saturated carbocycles. The van der Waals surface area contributed by atoms with E-state index in [1.807, 2.05) is 6.92 Å². The van der Waals surface area contributed by atoms with Gasteiger partial charge in [-0.2, -0.15) is 0 Å². The van der Waals surface area contributed by atoms with Gasteiger partial charge in [0.2, 0.25) is 5.91 Å². The molecule has 1 unspecified atom stereocenters. The van der Waals surface area contributed by atoms with E-state index in [0.29, 0.717) is 17.6 Å². The van der Waals surface area contributed by atoms with E-state index in [0.717, 1.165) is 5.56 Å². The Labute approximate surface area is 120 Å². The summed E-state index contributed by atoms with van der Waals surface area (Å²) >= 11 is 3.33. The zero-order valence-electron chi connectivity index (χ0n) is 10.9. The first-order valence-electron chi connectivity index (χ1n) is 5.98.